The van der Waals surface area contributed by atoms with Crippen molar-refractivity contribution >= 4 is 72.5 Å². The average Bonchev–Trinajstić information content (AvgIpc) is 2.80. The summed E-state index contributed by atoms with van der Waals surface area (Å²) in [6.45, 7) is 0.657. The maximum Gasteiger partial charge on any atom is 0.261 e. The van der Waals surface area contributed by atoms with Gasteiger partial charge in [0.05, 0.1) is 8.66 Å². The Balaban J connectivity index is 1.67. The van der Waals surface area contributed by atoms with Crippen LogP contribution in [0.1, 0.15) is 15.2 Å². The Bertz CT molecular complexity index is 596. The number of amides is 1. The minimum absolute atomic E-state index is 0.0292. The van der Waals surface area contributed by atoms with Gasteiger partial charge in [0.25, 0.3) is 5.91 Å². The molecule has 1 amide bonds. The standard InChI is InChI=1S/C14H12Br2ClNOS2/c15-11-7-12(21-13(11)16)14(19)18-5-6-20-8-9-1-3-10(17)4-2-9/h1-4,7H,5-6,8H2,(H,18,19). The van der Waals surface area contributed by atoms with Gasteiger partial charge in [0.2, 0.25) is 0 Å². The highest BCUT2D eigenvalue weighted by Crippen LogP contribution is 2.32. The summed E-state index contributed by atoms with van der Waals surface area (Å²) in [5.41, 5.74) is 1.24. The van der Waals surface area contributed by atoms with Crippen LogP contribution in [0.3, 0.4) is 0 Å². The van der Waals surface area contributed by atoms with E-state index in [-0.39, 0.29) is 5.91 Å². The predicted octanol–water partition coefficient (Wildman–Crippen LogP) is 5.59. The minimum atomic E-state index is -0.0292. The van der Waals surface area contributed by atoms with Crippen LogP contribution in [0.5, 0.6) is 0 Å². The Morgan fingerprint density at radius 2 is 2.00 bits per heavy atom. The summed E-state index contributed by atoms with van der Waals surface area (Å²) in [5.74, 6) is 1.77. The van der Waals surface area contributed by atoms with Crippen molar-refractivity contribution in [2.24, 2.45) is 0 Å². The molecule has 0 radical (unpaired) electrons. The van der Waals surface area contributed by atoms with Crippen molar-refractivity contribution in [2.45, 2.75) is 5.75 Å². The van der Waals surface area contributed by atoms with E-state index in [0.717, 1.165) is 24.8 Å². The number of halogens is 3. The molecule has 2 nitrogen and oxygen atoms in total. The van der Waals surface area contributed by atoms with E-state index in [1.54, 1.807) is 11.8 Å². The number of benzene rings is 1. The second-order valence-electron chi connectivity index (χ2n) is 4.17. The fraction of sp³-hybridized carbons (Fsp3) is 0.214. The molecule has 0 fully saturated rings. The second kappa shape index (κ2) is 8.58. The summed E-state index contributed by atoms with van der Waals surface area (Å²) in [7, 11) is 0. The van der Waals surface area contributed by atoms with Crippen LogP contribution < -0.4 is 5.32 Å². The van der Waals surface area contributed by atoms with Crippen molar-refractivity contribution in [3.8, 4) is 0 Å². The first kappa shape index (κ1) is 17.3. The molecule has 0 aliphatic carbocycles. The lowest BCUT2D eigenvalue weighted by atomic mass is 10.2. The van der Waals surface area contributed by atoms with E-state index in [4.69, 9.17) is 11.6 Å². The summed E-state index contributed by atoms with van der Waals surface area (Å²) in [6, 6.07) is 9.66. The van der Waals surface area contributed by atoms with Gasteiger partial charge in [0.15, 0.2) is 0 Å². The van der Waals surface area contributed by atoms with Crippen molar-refractivity contribution in [2.75, 3.05) is 12.3 Å². The van der Waals surface area contributed by atoms with Gasteiger partial charge in [-0.1, -0.05) is 23.7 Å². The molecule has 0 saturated carbocycles. The molecular weight excluding hydrogens is 458 g/mol. The predicted molar refractivity (Wildman–Crippen MR) is 99.7 cm³/mol. The van der Waals surface area contributed by atoms with Crippen molar-refractivity contribution in [3.63, 3.8) is 0 Å². The SMILES string of the molecule is O=C(NCCSCc1ccc(Cl)cc1)c1cc(Br)c(Br)s1. The van der Waals surface area contributed by atoms with E-state index in [1.165, 1.54) is 16.9 Å². The lowest BCUT2D eigenvalue weighted by Gasteiger charge is -2.04. The van der Waals surface area contributed by atoms with Gasteiger partial charge in [-0.2, -0.15) is 11.8 Å². The molecule has 21 heavy (non-hydrogen) atoms. The summed E-state index contributed by atoms with van der Waals surface area (Å²) in [5, 5.41) is 3.68. The van der Waals surface area contributed by atoms with Gasteiger partial charge in [-0.05, 0) is 55.6 Å². The van der Waals surface area contributed by atoms with E-state index in [9.17, 15) is 4.79 Å². The lowest BCUT2D eigenvalue weighted by molar-refractivity contribution is 0.0960. The fourth-order valence-electron chi connectivity index (χ4n) is 1.55. The number of carbonyl (C=O) groups excluding carboxylic acids is 1. The number of carbonyl (C=O) groups is 1. The van der Waals surface area contributed by atoms with Gasteiger partial charge in [0.1, 0.15) is 0 Å². The minimum Gasteiger partial charge on any atom is -0.351 e. The number of thiophene rings is 1. The van der Waals surface area contributed by atoms with Crippen LogP contribution in [-0.4, -0.2) is 18.2 Å². The smallest absolute Gasteiger partial charge is 0.261 e. The molecule has 0 atom stereocenters. The van der Waals surface area contributed by atoms with Crippen molar-refractivity contribution < 1.29 is 4.79 Å². The Morgan fingerprint density at radius 1 is 1.29 bits per heavy atom. The van der Waals surface area contributed by atoms with Gasteiger partial charge >= 0.3 is 0 Å². The van der Waals surface area contributed by atoms with E-state index in [1.807, 2.05) is 30.3 Å². The zero-order valence-electron chi connectivity index (χ0n) is 10.9. The van der Waals surface area contributed by atoms with Gasteiger partial charge in [-0.25, -0.2) is 0 Å². The van der Waals surface area contributed by atoms with Crippen molar-refractivity contribution in [3.05, 3.63) is 54.1 Å². The Labute approximate surface area is 153 Å². The molecule has 2 rings (SSSR count). The summed E-state index contributed by atoms with van der Waals surface area (Å²) < 4.78 is 1.85. The zero-order chi connectivity index (χ0) is 15.2. The lowest BCUT2D eigenvalue weighted by Crippen LogP contribution is -2.24. The quantitative estimate of drug-likeness (QED) is 0.559. The van der Waals surface area contributed by atoms with E-state index in [0.29, 0.717) is 11.4 Å². The van der Waals surface area contributed by atoms with Crippen LogP contribution in [0.4, 0.5) is 0 Å². The maximum absolute atomic E-state index is 11.9. The summed E-state index contributed by atoms with van der Waals surface area (Å²) >= 11 is 15.8. The topological polar surface area (TPSA) is 29.1 Å². The normalized spacial score (nSPS) is 10.6. The van der Waals surface area contributed by atoms with E-state index < -0.39 is 0 Å². The highest BCUT2D eigenvalue weighted by Gasteiger charge is 2.11. The molecule has 0 aliphatic heterocycles. The number of thioether (sulfide) groups is 1. The molecular formula is C14H12Br2ClNOS2. The van der Waals surface area contributed by atoms with Crippen molar-refractivity contribution in [1.29, 1.82) is 0 Å². The van der Waals surface area contributed by atoms with Gasteiger partial charge in [-0.3, -0.25) is 4.79 Å². The van der Waals surface area contributed by atoms with E-state index in [2.05, 4.69) is 37.2 Å². The second-order valence-corrected chi connectivity index (χ2v) is 8.93. The molecule has 0 spiro atoms. The third kappa shape index (κ3) is 5.60. The Hall–Kier alpha value is -0.0100. The average molecular weight is 470 g/mol. The molecule has 1 heterocycles. The van der Waals surface area contributed by atoms with Gasteiger partial charge < -0.3 is 5.32 Å². The molecule has 7 heteroatoms. The number of hydrogen-bond acceptors (Lipinski definition) is 3. The van der Waals surface area contributed by atoms with Gasteiger partial charge in [0, 0.05) is 27.5 Å². The van der Waals surface area contributed by atoms with Crippen LogP contribution in [-0.2, 0) is 5.75 Å². The fourth-order valence-corrected chi connectivity index (χ4v) is 4.45. The summed E-state index contributed by atoms with van der Waals surface area (Å²) in [6.07, 6.45) is 0. The third-order valence-electron chi connectivity index (χ3n) is 2.58. The number of hydrogen-bond donors (Lipinski definition) is 1. The molecule has 1 aromatic carbocycles. The Morgan fingerprint density at radius 3 is 2.62 bits per heavy atom. The van der Waals surface area contributed by atoms with Crippen LogP contribution >= 0.6 is 66.6 Å². The van der Waals surface area contributed by atoms with Crippen LogP contribution in [0.25, 0.3) is 0 Å². The molecule has 1 N–H and O–H groups in total. The first-order valence-corrected chi connectivity index (χ1v) is 10.0. The highest BCUT2D eigenvalue weighted by molar-refractivity contribution is 9.13. The monoisotopic (exact) mass is 467 g/mol. The molecule has 2 aromatic rings. The Kier molecular flexibility index (Phi) is 7.08. The molecule has 0 saturated heterocycles. The van der Waals surface area contributed by atoms with Crippen LogP contribution in [0.2, 0.25) is 5.02 Å². The zero-order valence-corrected chi connectivity index (χ0v) is 16.4. The van der Waals surface area contributed by atoms with Gasteiger partial charge in [-0.15, -0.1) is 11.3 Å². The number of rotatable bonds is 6. The molecule has 112 valence electrons. The van der Waals surface area contributed by atoms with Crippen molar-refractivity contribution in [1.82, 2.24) is 5.32 Å². The van der Waals surface area contributed by atoms with Crippen LogP contribution in [0, 0.1) is 0 Å². The first-order chi connectivity index (χ1) is 10.1. The number of nitrogens with one attached hydrogen (secondary N) is 1. The summed E-state index contributed by atoms with van der Waals surface area (Å²) in [4.78, 5) is 12.6. The molecule has 0 aliphatic rings. The highest BCUT2D eigenvalue weighted by atomic mass is 79.9. The van der Waals surface area contributed by atoms with E-state index >= 15 is 0 Å². The third-order valence-corrected chi connectivity index (χ3v) is 7.12. The molecule has 0 bridgehead atoms. The molecule has 1 aromatic heterocycles. The maximum atomic E-state index is 11.9. The van der Waals surface area contributed by atoms with Crippen LogP contribution in [0.15, 0.2) is 38.6 Å². The first-order valence-electron chi connectivity index (χ1n) is 6.11. The largest absolute Gasteiger partial charge is 0.351 e. The molecule has 0 unspecified atom stereocenters.